The molecule has 84 valence electrons. The van der Waals surface area contributed by atoms with Crippen LogP contribution in [0.25, 0.3) is 0 Å². The van der Waals surface area contributed by atoms with Crippen LogP contribution in [0.3, 0.4) is 0 Å². The van der Waals surface area contributed by atoms with Gasteiger partial charge >= 0.3 is 0 Å². The number of likely N-dealkylation sites (tertiary alicyclic amines) is 1. The first-order valence-corrected chi connectivity index (χ1v) is 5.25. The summed E-state index contributed by atoms with van der Waals surface area (Å²) in [4.78, 5) is 13.4. The van der Waals surface area contributed by atoms with Gasteiger partial charge in [0.1, 0.15) is 6.54 Å². The zero-order valence-electron chi connectivity index (χ0n) is 9.12. The van der Waals surface area contributed by atoms with E-state index >= 15 is 0 Å². The van der Waals surface area contributed by atoms with E-state index in [0.29, 0.717) is 12.5 Å². The quantitative estimate of drug-likeness (QED) is 0.581. The molecule has 1 rings (SSSR count). The average molecular weight is 210 g/mol. The van der Waals surface area contributed by atoms with Crippen LogP contribution < -0.4 is 10.6 Å². The predicted molar refractivity (Wildman–Crippen MR) is 57.1 cm³/mol. The zero-order chi connectivity index (χ0) is 11.1. The van der Waals surface area contributed by atoms with Gasteiger partial charge in [-0.25, -0.2) is 0 Å². The highest BCUT2D eigenvalue weighted by atomic mass is 16.1. The standard InChI is InChI=1S/C10H18N4O/c1-14-5-2-9(8-14)6-12-7-10(15)13-4-3-11/h9,12H,2,4-8H2,1H3,(H,13,15). The Balaban J connectivity index is 2.01. The molecule has 0 aromatic heterocycles. The third-order valence-electron chi connectivity index (χ3n) is 2.57. The van der Waals surface area contributed by atoms with Gasteiger partial charge in [0, 0.05) is 6.54 Å². The second-order valence-corrected chi connectivity index (χ2v) is 3.98. The molecule has 1 saturated heterocycles. The highest BCUT2D eigenvalue weighted by molar-refractivity contribution is 5.78. The maximum absolute atomic E-state index is 11.1. The molecule has 0 bridgehead atoms. The van der Waals surface area contributed by atoms with Crippen LogP contribution >= 0.6 is 0 Å². The molecule has 5 nitrogen and oxygen atoms in total. The molecule has 15 heavy (non-hydrogen) atoms. The lowest BCUT2D eigenvalue weighted by Gasteiger charge is -2.11. The number of nitriles is 1. The molecule has 0 saturated carbocycles. The predicted octanol–water partition coefficient (Wildman–Crippen LogP) is -0.833. The number of nitrogens with one attached hydrogen (secondary N) is 2. The molecule has 0 aromatic rings. The summed E-state index contributed by atoms with van der Waals surface area (Å²) in [6.07, 6.45) is 1.20. The molecular formula is C10H18N4O. The third kappa shape index (κ3) is 4.77. The van der Waals surface area contributed by atoms with E-state index in [-0.39, 0.29) is 12.5 Å². The molecule has 0 aromatic carbocycles. The number of carbonyl (C=O) groups excluding carboxylic acids is 1. The largest absolute Gasteiger partial charge is 0.342 e. The summed E-state index contributed by atoms with van der Waals surface area (Å²) in [5.41, 5.74) is 0. The molecule has 5 heteroatoms. The van der Waals surface area contributed by atoms with Crippen LogP contribution in [-0.2, 0) is 4.79 Å². The van der Waals surface area contributed by atoms with Crippen LogP contribution in [-0.4, -0.2) is 50.6 Å². The molecule has 1 amide bonds. The first kappa shape index (κ1) is 12.0. The molecule has 1 heterocycles. The van der Waals surface area contributed by atoms with Crippen molar-refractivity contribution < 1.29 is 4.79 Å². The lowest BCUT2D eigenvalue weighted by molar-refractivity contribution is -0.120. The fraction of sp³-hybridized carbons (Fsp3) is 0.800. The van der Waals surface area contributed by atoms with Gasteiger partial charge in [0.25, 0.3) is 0 Å². The van der Waals surface area contributed by atoms with Gasteiger partial charge in [-0.3, -0.25) is 4.79 Å². The van der Waals surface area contributed by atoms with Crippen molar-refractivity contribution in [1.29, 1.82) is 5.26 Å². The van der Waals surface area contributed by atoms with Crippen LogP contribution in [0.15, 0.2) is 0 Å². The van der Waals surface area contributed by atoms with Crippen molar-refractivity contribution in [1.82, 2.24) is 15.5 Å². The number of carbonyl (C=O) groups is 1. The first-order valence-electron chi connectivity index (χ1n) is 5.25. The molecule has 1 unspecified atom stereocenters. The number of rotatable bonds is 5. The Labute approximate surface area is 90.4 Å². The van der Waals surface area contributed by atoms with Crippen molar-refractivity contribution >= 4 is 5.91 Å². The van der Waals surface area contributed by atoms with Crippen molar-refractivity contribution in [2.45, 2.75) is 6.42 Å². The van der Waals surface area contributed by atoms with E-state index in [9.17, 15) is 4.79 Å². The minimum absolute atomic E-state index is 0.0900. The smallest absolute Gasteiger partial charge is 0.234 e. The van der Waals surface area contributed by atoms with Crippen molar-refractivity contribution in [3.05, 3.63) is 0 Å². The minimum Gasteiger partial charge on any atom is -0.342 e. The summed E-state index contributed by atoms with van der Waals surface area (Å²) in [7, 11) is 2.11. The van der Waals surface area contributed by atoms with E-state index in [0.717, 1.165) is 19.6 Å². The molecule has 0 radical (unpaired) electrons. The van der Waals surface area contributed by atoms with Crippen LogP contribution in [0.4, 0.5) is 0 Å². The third-order valence-corrected chi connectivity index (χ3v) is 2.57. The highest BCUT2D eigenvalue weighted by Crippen LogP contribution is 2.12. The second kappa shape index (κ2) is 6.38. The topological polar surface area (TPSA) is 68.2 Å². The number of hydrogen-bond acceptors (Lipinski definition) is 4. The molecule has 0 aliphatic carbocycles. The Kier molecular flexibility index (Phi) is 5.08. The number of nitrogens with zero attached hydrogens (tertiary/aromatic N) is 2. The fourth-order valence-electron chi connectivity index (χ4n) is 1.78. The fourth-order valence-corrected chi connectivity index (χ4v) is 1.78. The Morgan fingerprint density at radius 3 is 3.07 bits per heavy atom. The van der Waals surface area contributed by atoms with Gasteiger partial charge in [0.05, 0.1) is 12.6 Å². The van der Waals surface area contributed by atoms with E-state index in [1.807, 2.05) is 6.07 Å². The summed E-state index contributed by atoms with van der Waals surface area (Å²) >= 11 is 0. The Hall–Kier alpha value is -1.12. The van der Waals surface area contributed by atoms with Crippen molar-refractivity contribution in [2.24, 2.45) is 5.92 Å². The maximum atomic E-state index is 11.1. The van der Waals surface area contributed by atoms with Crippen LogP contribution in [0.2, 0.25) is 0 Å². The Morgan fingerprint density at radius 2 is 2.47 bits per heavy atom. The van der Waals surface area contributed by atoms with E-state index in [1.54, 1.807) is 0 Å². The normalized spacial score (nSPS) is 21.2. The van der Waals surface area contributed by atoms with Crippen molar-refractivity contribution in [3.63, 3.8) is 0 Å². The van der Waals surface area contributed by atoms with Gasteiger partial charge in [0.15, 0.2) is 0 Å². The molecule has 1 atom stereocenters. The molecule has 0 spiro atoms. The minimum atomic E-state index is -0.108. The second-order valence-electron chi connectivity index (χ2n) is 3.98. The average Bonchev–Trinajstić information content (AvgIpc) is 2.61. The van der Waals surface area contributed by atoms with Gasteiger partial charge in [-0.1, -0.05) is 0 Å². The summed E-state index contributed by atoms with van der Waals surface area (Å²) < 4.78 is 0. The molecule has 1 aliphatic rings. The first-order chi connectivity index (χ1) is 7.22. The molecule has 2 N–H and O–H groups in total. The zero-order valence-corrected chi connectivity index (χ0v) is 9.12. The van der Waals surface area contributed by atoms with Crippen molar-refractivity contribution in [3.8, 4) is 6.07 Å². The summed E-state index contributed by atoms with van der Waals surface area (Å²) in [5, 5.41) is 13.9. The van der Waals surface area contributed by atoms with Crippen LogP contribution in [0.5, 0.6) is 0 Å². The van der Waals surface area contributed by atoms with E-state index in [1.165, 1.54) is 6.42 Å². The van der Waals surface area contributed by atoms with Crippen LogP contribution in [0.1, 0.15) is 6.42 Å². The Bertz CT molecular complexity index is 248. The Morgan fingerprint density at radius 1 is 1.67 bits per heavy atom. The van der Waals surface area contributed by atoms with Gasteiger partial charge in [-0.05, 0) is 32.5 Å². The molecule has 1 fully saturated rings. The summed E-state index contributed by atoms with van der Waals surface area (Å²) in [5.74, 6) is 0.543. The number of amides is 1. The SMILES string of the molecule is CN1CCC(CNCC(=O)NCC#N)C1. The van der Waals surface area contributed by atoms with E-state index < -0.39 is 0 Å². The van der Waals surface area contributed by atoms with E-state index in [2.05, 4.69) is 22.6 Å². The van der Waals surface area contributed by atoms with Crippen LogP contribution in [0, 0.1) is 17.2 Å². The number of hydrogen-bond donors (Lipinski definition) is 2. The lowest BCUT2D eigenvalue weighted by Crippen LogP contribution is -2.36. The van der Waals surface area contributed by atoms with Gasteiger partial charge < -0.3 is 15.5 Å². The molecular weight excluding hydrogens is 192 g/mol. The van der Waals surface area contributed by atoms with E-state index in [4.69, 9.17) is 5.26 Å². The van der Waals surface area contributed by atoms with Gasteiger partial charge in [-0.2, -0.15) is 5.26 Å². The van der Waals surface area contributed by atoms with Gasteiger partial charge in [-0.15, -0.1) is 0 Å². The summed E-state index contributed by atoms with van der Waals surface area (Å²) in [6.45, 7) is 3.53. The maximum Gasteiger partial charge on any atom is 0.234 e. The summed E-state index contributed by atoms with van der Waals surface area (Å²) in [6, 6.07) is 1.87. The molecule has 1 aliphatic heterocycles. The lowest BCUT2D eigenvalue weighted by atomic mass is 10.1. The van der Waals surface area contributed by atoms with Gasteiger partial charge in [0.2, 0.25) is 5.91 Å². The monoisotopic (exact) mass is 210 g/mol. The highest BCUT2D eigenvalue weighted by Gasteiger charge is 2.18. The van der Waals surface area contributed by atoms with Crippen molar-refractivity contribution in [2.75, 3.05) is 39.8 Å².